The maximum Gasteiger partial charge on any atom is 0.256 e. The van der Waals surface area contributed by atoms with Crippen molar-refractivity contribution in [2.75, 3.05) is 13.6 Å². The van der Waals surface area contributed by atoms with Crippen LogP contribution >= 0.6 is 0 Å². The SMILES string of the molecule is CN(CC(O)(Cn1cncn1)c1ccc(F)cc1F)C(=O)c1coc(-c2ccccc2)c1. The molecule has 0 fully saturated rings. The highest BCUT2D eigenvalue weighted by Gasteiger charge is 2.36. The van der Waals surface area contributed by atoms with E-state index in [1.54, 1.807) is 6.07 Å². The van der Waals surface area contributed by atoms with E-state index in [9.17, 15) is 18.7 Å². The van der Waals surface area contributed by atoms with E-state index in [2.05, 4.69) is 10.1 Å². The molecule has 7 nitrogen and oxygen atoms in total. The van der Waals surface area contributed by atoms with Gasteiger partial charge < -0.3 is 14.4 Å². The van der Waals surface area contributed by atoms with Crippen molar-refractivity contribution in [3.63, 3.8) is 0 Å². The van der Waals surface area contributed by atoms with Crippen LogP contribution in [0.4, 0.5) is 8.78 Å². The van der Waals surface area contributed by atoms with Crippen LogP contribution in [0, 0.1) is 11.6 Å². The van der Waals surface area contributed by atoms with E-state index in [0.29, 0.717) is 11.8 Å². The zero-order valence-electron chi connectivity index (χ0n) is 17.2. The van der Waals surface area contributed by atoms with Crippen molar-refractivity contribution in [2.24, 2.45) is 0 Å². The Morgan fingerprint density at radius 3 is 2.66 bits per heavy atom. The summed E-state index contributed by atoms with van der Waals surface area (Å²) < 4.78 is 34.9. The molecule has 0 aliphatic carbocycles. The second-order valence-electron chi connectivity index (χ2n) is 7.48. The first-order valence-corrected chi connectivity index (χ1v) is 9.75. The van der Waals surface area contributed by atoms with Gasteiger partial charge in [0.1, 0.15) is 41.9 Å². The number of rotatable bonds is 7. The van der Waals surface area contributed by atoms with Crippen molar-refractivity contribution < 1.29 is 23.1 Å². The van der Waals surface area contributed by atoms with E-state index in [4.69, 9.17) is 4.42 Å². The van der Waals surface area contributed by atoms with Crippen molar-refractivity contribution in [2.45, 2.75) is 12.1 Å². The number of benzene rings is 2. The summed E-state index contributed by atoms with van der Waals surface area (Å²) in [6.45, 7) is -0.492. The number of aliphatic hydroxyl groups is 1. The molecule has 2 aromatic carbocycles. The molecular formula is C23H20F2N4O3. The molecule has 1 amide bonds. The standard InChI is InChI=1S/C23H20F2N4O3/c1-28(22(30)17-9-21(32-11-17)16-5-3-2-4-6-16)12-23(31,13-29-15-26-14-27-29)19-8-7-18(24)10-20(19)25/h2-11,14-15,31H,12-13H2,1H3. The molecule has 2 aromatic heterocycles. The summed E-state index contributed by atoms with van der Waals surface area (Å²) >= 11 is 0. The predicted octanol–water partition coefficient (Wildman–Crippen LogP) is 3.48. The van der Waals surface area contributed by atoms with Crippen LogP contribution in [0.5, 0.6) is 0 Å². The molecule has 9 heteroatoms. The molecule has 4 aromatic rings. The number of hydrogen-bond acceptors (Lipinski definition) is 5. The lowest BCUT2D eigenvalue weighted by molar-refractivity contribution is -0.0129. The zero-order valence-corrected chi connectivity index (χ0v) is 17.2. The first kappa shape index (κ1) is 21.4. The molecular weight excluding hydrogens is 418 g/mol. The number of nitrogens with zero attached hydrogens (tertiary/aromatic N) is 4. The third-order valence-electron chi connectivity index (χ3n) is 5.07. The molecule has 0 aliphatic rings. The van der Waals surface area contributed by atoms with Crippen molar-refractivity contribution in [3.05, 3.63) is 96.3 Å². The van der Waals surface area contributed by atoms with Gasteiger partial charge in [-0.05, 0) is 12.1 Å². The largest absolute Gasteiger partial charge is 0.464 e. The van der Waals surface area contributed by atoms with Crippen molar-refractivity contribution in [3.8, 4) is 11.3 Å². The van der Waals surface area contributed by atoms with Crippen LogP contribution in [-0.4, -0.2) is 44.3 Å². The van der Waals surface area contributed by atoms with Crippen molar-refractivity contribution in [1.29, 1.82) is 0 Å². The van der Waals surface area contributed by atoms with Gasteiger partial charge in [0.05, 0.1) is 18.7 Å². The Labute approximate surface area is 182 Å². The minimum atomic E-state index is -1.90. The van der Waals surface area contributed by atoms with Crippen LogP contribution in [-0.2, 0) is 12.1 Å². The Morgan fingerprint density at radius 1 is 1.19 bits per heavy atom. The number of aromatic nitrogens is 3. The summed E-state index contributed by atoms with van der Waals surface area (Å²) in [5, 5.41) is 15.4. The molecule has 0 bridgehead atoms. The number of furan rings is 1. The van der Waals surface area contributed by atoms with E-state index in [1.807, 2.05) is 30.3 Å². The Kier molecular flexibility index (Phi) is 5.83. The van der Waals surface area contributed by atoms with Crippen LogP contribution in [0.1, 0.15) is 15.9 Å². The van der Waals surface area contributed by atoms with Gasteiger partial charge >= 0.3 is 0 Å². The van der Waals surface area contributed by atoms with E-state index in [-0.39, 0.29) is 24.2 Å². The molecule has 0 aliphatic heterocycles. The summed E-state index contributed by atoms with van der Waals surface area (Å²) in [5.74, 6) is -1.62. The molecule has 32 heavy (non-hydrogen) atoms. The molecule has 0 saturated carbocycles. The maximum absolute atomic E-state index is 14.6. The van der Waals surface area contributed by atoms with Crippen LogP contribution in [0.25, 0.3) is 11.3 Å². The lowest BCUT2D eigenvalue weighted by Crippen LogP contribution is -2.45. The molecule has 0 saturated heterocycles. The van der Waals surface area contributed by atoms with Crippen LogP contribution in [0.2, 0.25) is 0 Å². The number of halogens is 2. The van der Waals surface area contributed by atoms with Crippen LogP contribution < -0.4 is 0 Å². The third-order valence-corrected chi connectivity index (χ3v) is 5.07. The van der Waals surface area contributed by atoms with Crippen molar-refractivity contribution in [1.82, 2.24) is 19.7 Å². The first-order chi connectivity index (χ1) is 15.4. The highest BCUT2D eigenvalue weighted by Crippen LogP contribution is 2.29. The summed E-state index contributed by atoms with van der Waals surface area (Å²) in [6.07, 6.45) is 3.96. The van der Waals surface area contributed by atoms with E-state index < -0.39 is 23.1 Å². The van der Waals surface area contributed by atoms with Gasteiger partial charge in [-0.1, -0.05) is 36.4 Å². The van der Waals surface area contributed by atoms with E-state index in [0.717, 1.165) is 17.7 Å². The Hall–Kier alpha value is -3.85. The zero-order chi connectivity index (χ0) is 22.7. The van der Waals surface area contributed by atoms with E-state index in [1.165, 1.54) is 35.5 Å². The lowest BCUT2D eigenvalue weighted by Gasteiger charge is -2.33. The highest BCUT2D eigenvalue weighted by atomic mass is 19.1. The number of hydrogen-bond donors (Lipinski definition) is 1. The van der Waals surface area contributed by atoms with Gasteiger partial charge in [0.25, 0.3) is 5.91 Å². The lowest BCUT2D eigenvalue weighted by atomic mass is 9.92. The Morgan fingerprint density at radius 2 is 1.97 bits per heavy atom. The molecule has 1 atom stereocenters. The predicted molar refractivity (Wildman–Crippen MR) is 111 cm³/mol. The van der Waals surface area contributed by atoms with Gasteiger partial charge in [-0.25, -0.2) is 18.4 Å². The quantitative estimate of drug-likeness (QED) is 0.478. The minimum absolute atomic E-state index is 0.161. The monoisotopic (exact) mass is 438 g/mol. The second kappa shape index (κ2) is 8.72. The summed E-state index contributed by atoms with van der Waals surface area (Å²) in [5.41, 5.74) is -0.979. The molecule has 1 N–H and O–H groups in total. The number of carbonyl (C=O) groups excluding carboxylic acids is 1. The fourth-order valence-electron chi connectivity index (χ4n) is 3.56. The van der Waals surface area contributed by atoms with Gasteiger partial charge in [0.2, 0.25) is 0 Å². The topological polar surface area (TPSA) is 84.4 Å². The molecule has 164 valence electrons. The smallest absolute Gasteiger partial charge is 0.256 e. The van der Waals surface area contributed by atoms with Gasteiger partial charge in [0.15, 0.2) is 0 Å². The Bertz CT molecular complexity index is 1210. The highest BCUT2D eigenvalue weighted by molar-refractivity contribution is 5.94. The van der Waals surface area contributed by atoms with Crippen LogP contribution in [0.3, 0.4) is 0 Å². The number of carbonyl (C=O) groups is 1. The van der Waals surface area contributed by atoms with E-state index >= 15 is 0 Å². The van der Waals surface area contributed by atoms with Gasteiger partial charge in [-0.2, -0.15) is 5.10 Å². The summed E-state index contributed by atoms with van der Waals surface area (Å²) in [4.78, 5) is 18.1. The summed E-state index contributed by atoms with van der Waals surface area (Å²) in [6, 6.07) is 13.8. The first-order valence-electron chi connectivity index (χ1n) is 9.75. The molecule has 0 radical (unpaired) electrons. The summed E-state index contributed by atoms with van der Waals surface area (Å²) in [7, 11) is 1.48. The van der Waals surface area contributed by atoms with Crippen LogP contribution in [0.15, 0.2) is 77.9 Å². The molecule has 4 rings (SSSR count). The fraction of sp³-hybridized carbons (Fsp3) is 0.174. The normalized spacial score (nSPS) is 13.0. The number of amides is 1. The number of likely N-dealkylation sites (N-methyl/N-ethyl adjacent to an activating group) is 1. The molecule has 2 heterocycles. The average Bonchev–Trinajstić information content (AvgIpc) is 3.45. The molecule has 1 unspecified atom stereocenters. The second-order valence-corrected chi connectivity index (χ2v) is 7.48. The Balaban J connectivity index is 1.60. The van der Waals surface area contributed by atoms with Crippen molar-refractivity contribution >= 4 is 5.91 Å². The van der Waals surface area contributed by atoms with Gasteiger partial charge in [0, 0.05) is 24.2 Å². The maximum atomic E-state index is 14.6. The van der Waals surface area contributed by atoms with Gasteiger partial charge in [-0.3, -0.25) is 4.79 Å². The average molecular weight is 438 g/mol. The fourth-order valence-corrected chi connectivity index (χ4v) is 3.56. The molecule has 0 spiro atoms. The third kappa shape index (κ3) is 4.42. The minimum Gasteiger partial charge on any atom is -0.464 e. The van der Waals surface area contributed by atoms with Gasteiger partial charge in [-0.15, -0.1) is 0 Å².